The molecule has 3 heteroatoms. The monoisotopic (exact) mass is 271 g/mol. The van der Waals surface area contributed by atoms with Gasteiger partial charge in [0.1, 0.15) is 12.4 Å². The lowest BCUT2D eigenvalue weighted by Gasteiger charge is -2.10. The Morgan fingerprint density at radius 2 is 1.75 bits per heavy atom. The molecule has 0 atom stereocenters. The zero-order chi connectivity index (χ0) is 14.4. The minimum Gasteiger partial charge on any atom is -0.491 e. The second-order valence-corrected chi connectivity index (χ2v) is 4.98. The molecule has 0 saturated heterocycles. The number of nitrogens with zero attached hydrogens (tertiary/aromatic N) is 1. The van der Waals surface area contributed by atoms with Gasteiger partial charge in [-0.15, -0.1) is 0 Å². The first-order valence-electron chi connectivity index (χ1n) is 6.92. The summed E-state index contributed by atoms with van der Waals surface area (Å²) in [5, 5.41) is 0. The van der Waals surface area contributed by atoms with Crippen molar-refractivity contribution in [3.63, 3.8) is 0 Å². The van der Waals surface area contributed by atoms with E-state index in [1.54, 1.807) is 0 Å². The molecule has 0 aliphatic carbocycles. The maximum absolute atomic E-state index is 5.63. The van der Waals surface area contributed by atoms with E-state index in [2.05, 4.69) is 23.2 Å². The van der Waals surface area contributed by atoms with E-state index < -0.39 is 0 Å². The predicted octanol–water partition coefficient (Wildman–Crippen LogP) is 3.86. The highest BCUT2D eigenvalue weighted by Gasteiger charge is 2.00. The van der Waals surface area contributed by atoms with Crippen molar-refractivity contribution in [2.24, 2.45) is 0 Å². The quantitative estimate of drug-likeness (QED) is 0.748. The second kappa shape index (κ2) is 7.06. The van der Waals surface area contributed by atoms with Crippen LogP contribution in [-0.2, 0) is 4.74 Å². The summed E-state index contributed by atoms with van der Waals surface area (Å²) in [5.41, 5.74) is 3.36. The highest BCUT2D eigenvalue weighted by Crippen LogP contribution is 2.22. The van der Waals surface area contributed by atoms with Crippen molar-refractivity contribution in [2.75, 3.05) is 13.2 Å². The third-order valence-electron chi connectivity index (χ3n) is 2.89. The maximum atomic E-state index is 5.63. The lowest BCUT2D eigenvalue weighted by Crippen LogP contribution is -2.11. The molecule has 1 aromatic heterocycles. The van der Waals surface area contributed by atoms with Gasteiger partial charge in [0.15, 0.2) is 0 Å². The summed E-state index contributed by atoms with van der Waals surface area (Å²) in [7, 11) is 0. The van der Waals surface area contributed by atoms with E-state index in [0.29, 0.717) is 13.2 Å². The largest absolute Gasteiger partial charge is 0.491 e. The molecule has 2 rings (SSSR count). The van der Waals surface area contributed by atoms with Gasteiger partial charge >= 0.3 is 0 Å². The highest BCUT2D eigenvalue weighted by molar-refractivity contribution is 5.64. The Kier molecular flexibility index (Phi) is 5.13. The van der Waals surface area contributed by atoms with Crippen LogP contribution in [0.25, 0.3) is 11.1 Å². The second-order valence-electron chi connectivity index (χ2n) is 4.98. The van der Waals surface area contributed by atoms with Gasteiger partial charge in [-0.2, -0.15) is 0 Å². The van der Waals surface area contributed by atoms with Gasteiger partial charge in [0.25, 0.3) is 0 Å². The summed E-state index contributed by atoms with van der Waals surface area (Å²) in [4.78, 5) is 4.21. The topological polar surface area (TPSA) is 31.4 Å². The van der Waals surface area contributed by atoms with Gasteiger partial charge < -0.3 is 9.47 Å². The Hall–Kier alpha value is -1.87. The van der Waals surface area contributed by atoms with Gasteiger partial charge in [-0.25, -0.2) is 0 Å². The average molecular weight is 271 g/mol. The van der Waals surface area contributed by atoms with Crippen LogP contribution in [0.4, 0.5) is 0 Å². The van der Waals surface area contributed by atoms with Crippen LogP contribution in [0.5, 0.6) is 5.75 Å². The number of ether oxygens (including phenoxy) is 2. The first-order chi connectivity index (χ1) is 9.65. The van der Waals surface area contributed by atoms with Crippen LogP contribution in [-0.4, -0.2) is 24.3 Å². The molecule has 1 aromatic carbocycles. The fourth-order valence-corrected chi connectivity index (χ4v) is 1.91. The molecule has 0 N–H and O–H groups in total. The molecule has 0 saturated carbocycles. The molecule has 1 heterocycles. The fourth-order valence-electron chi connectivity index (χ4n) is 1.91. The number of benzene rings is 1. The van der Waals surface area contributed by atoms with Crippen molar-refractivity contribution in [1.82, 2.24) is 4.98 Å². The minimum absolute atomic E-state index is 0.246. The van der Waals surface area contributed by atoms with Gasteiger partial charge in [-0.3, -0.25) is 4.98 Å². The smallest absolute Gasteiger partial charge is 0.119 e. The Balaban J connectivity index is 1.93. The number of pyridine rings is 1. The standard InChI is InChI=1S/C17H21NO2/c1-13(2)19-10-11-20-17-6-4-15(5-7-17)16-8-9-18-14(3)12-16/h4-9,12-13H,10-11H2,1-3H3. The lowest BCUT2D eigenvalue weighted by molar-refractivity contribution is 0.0553. The molecule has 0 aliphatic rings. The third kappa shape index (κ3) is 4.35. The maximum Gasteiger partial charge on any atom is 0.119 e. The van der Waals surface area contributed by atoms with Gasteiger partial charge in [-0.05, 0) is 56.2 Å². The predicted molar refractivity (Wildman–Crippen MR) is 81.0 cm³/mol. The van der Waals surface area contributed by atoms with Crippen molar-refractivity contribution in [3.8, 4) is 16.9 Å². The molecule has 20 heavy (non-hydrogen) atoms. The Morgan fingerprint density at radius 3 is 2.40 bits per heavy atom. The molecule has 0 fully saturated rings. The number of hydrogen-bond acceptors (Lipinski definition) is 3. The van der Waals surface area contributed by atoms with Crippen molar-refractivity contribution >= 4 is 0 Å². The Bertz CT molecular complexity index is 535. The van der Waals surface area contributed by atoms with E-state index in [0.717, 1.165) is 11.4 Å². The van der Waals surface area contributed by atoms with Gasteiger partial charge in [0.05, 0.1) is 12.7 Å². The zero-order valence-electron chi connectivity index (χ0n) is 12.3. The third-order valence-corrected chi connectivity index (χ3v) is 2.89. The number of rotatable bonds is 6. The van der Waals surface area contributed by atoms with Crippen molar-refractivity contribution < 1.29 is 9.47 Å². The number of hydrogen-bond donors (Lipinski definition) is 0. The molecule has 0 amide bonds. The van der Waals surface area contributed by atoms with Crippen LogP contribution in [0.2, 0.25) is 0 Å². The van der Waals surface area contributed by atoms with Crippen LogP contribution in [0.15, 0.2) is 42.6 Å². The van der Waals surface area contributed by atoms with Gasteiger partial charge in [0.2, 0.25) is 0 Å². The van der Waals surface area contributed by atoms with Crippen LogP contribution in [0.3, 0.4) is 0 Å². The Labute approximate surface area is 120 Å². The molecule has 0 bridgehead atoms. The van der Waals surface area contributed by atoms with E-state index in [9.17, 15) is 0 Å². The summed E-state index contributed by atoms with van der Waals surface area (Å²) in [5.74, 6) is 0.867. The average Bonchev–Trinajstić information content (AvgIpc) is 2.44. The fraction of sp³-hybridized carbons (Fsp3) is 0.353. The normalized spacial score (nSPS) is 10.8. The summed E-state index contributed by atoms with van der Waals surface area (Å²) >= 11 is 0. The Morgan fingerprint density at radius 1 is 1.00 bits per heavy atom. The molecule has 0 aliphatic heterocycles. The van der Waals surface area contributed by atoms with Crippen LogP contribution < -0.4 is 4.74 Å². The zero-order valence-corrected chi connectivity index (χ0v) is 12.3. The number of aryl methyl sites for hydroxylation is 1. The van der Waals surface area contributed by atoms with E-state index >= 15 is 0 Å². The summed E-state index contributed by atoms with van der Waals surface area (Å²) < 4.78 is 11.1. The SMILES string of the molecule is Cc1cc(-c2ccc(OCCOC(C)C)cc2)ccn1. The summed E-state index contributed by atoms with van der Waals surface area (Å²) in [6, 6.07) is 12.2. The highest BCUT2D eigenvalue weighted by atomic mass is 16.5. The van der Waals surface area contributed by atoms with Crippen molar-refractivity contribution in [2.45, 2.75) is 26.9 Å². The molecule has 0 spiro atoms. The molecule has 0 radical (unpaired) electrons. The van der Waals surface area contributed by atoms with E-state index in [1.165, 1.54) is 11.1 Å². The van der Waals surface area contributed by atoms with E-state index in [1.807, 2.05) is 45.2 Å². The minimum atomic E-state index is 0.246. The first kappa shape index (κ1) is 14.5. The molecule has 2 aromatic rings. The molecular weight excluding hydrogens is 250 g/mol. The molecule has 106 valence electrons. The van der Waals surface area contributed by atoms with Gasteiger partial charge in [-0.1, -0.05) is 12.1 Å². The van der Waals surface area contributed by atoms with Crippen molar-refractivity contribution in [3.05, 3.63) is 48.3 Å². The lowest BCUT2D eigenvalue weighted by atomic mass is 10.1. The van der Waals surface area contributed by atoms with E-state index in [4.69, 9.17) is 9.47 Å². The summed E-state index contributed by atoms with van der Waals surface area (Å²) in [6.45, 7) is 7.22. The molecular formula is C17H21NO2. The van der Waals surface area contributed by atoms with Crippen molar-refractivity contribution in [1.29, 1.82) is 0 Å². The number of aromatic nitrogens is 1. The van der Waals surface area contributed by atoms with Crippen LogP contribution >= 0.6 is 0 Å². The summed E-state index contributed by atoms with van der Waals surface area (Å²) in [6.07, 6.45) is 2.08. The van der Waals surface area contributed by atoms with Crippen LogP contribution in [0.1, 0.15) is 19.5 Å². The van der Waals surface area contributed by atoms with Gasteiger partial charge in [0, 0.05) is 11.9 Å². The van der Waals surface area contributed by atoms with E-state index in [-0.39, 0.29) is 6.10 Å². The first-order valence-corrected chi connectivity index (χ1v) is 6.92. The molecule has 3 nitrogen and oxygen atoms in total. The molecule has 0 unspecified atom stereocenters. The van der Waals surface area contributed by atoms with Crippen LogP contribution in [0, 0.1) is 6.92 Å².